The molecule has 1 saturated heterocycles. The van der Waals surface area contributed by atoms with Gasteiger partial charge in [0.05, 0.1) is 24.4 Å². The van der Waals surface area contributed by atoms with E-state index in [9.17, 15) is 9.59 Å². The fraction of sp³-hybridized carbons (Fsp3) is 0.828. The summed E-state index contributed by atoms with van der Waals surface area (Å²) in [5.41, 5.74) is 1.95. The molecule has 3 rings (SSSR count). The van der Waals surface area contributed by atoms with Crippen molar-refractivity contribution in [3.8, 4) is 11.5 Å². The van der Waals surface area contributed by atoms with E-state index in [0.29, 0.717) is 42.3 Å². The van der Waals surface area contributed by atoms with Crippen LogP contribution in [0.5, 0.6) is 11.5 Å². The van der Waals surface area contributed by atoms with Gasteiger partial charge in [-0.3, -0.25) is 4.79 Å². The summed E-state index contributed by atoms with van der Waals surface area (Å²) in [4.78, 5) is 46.3. The van der Waals surface area contributed by atoms with Gasteiger partial charge in [-0.05, 0) is 104 Å². The lowest BCUT2D eigenvalue weighted by Crippen LogP contribution is -2.63. The molecule has 2 heterocycles. The van der Waals surface area contributed by atoms with E-state index in [-0.39, 0.29) is 48.0 Å². The molecule has 0 aromatic heterocycles. The van der Waals surface area contributed by atoms with Crippen LogP contribution in [0.25, 0.3) is 0 Å². The summed E-state index contributed by atoms with van der Waals surface area (Å²) in [6.45, 7) is 60.7. The number of halogens is 3. The van der Waals surface area contributed by atoms with E-state index >= 15 is 4.79 Å². The maximum absolute atomic E-state index is 15.6. The van der Waals surface area contributed by atoms with E-state index < -0.39 is 130 Å². The van der Waals surface area contributed by atoms with Crippen LogP contribution in [0, 0.1) is 18.3 Å². The third-order valence-corrected chi connectivity index (χ3v) is 36.0. The number of esters is 1. The number of nitrogens with zero attached hydrogens (tertiary/aromatic N) is 1. The van der Waals surface area contributed by atoms with Gasteiger partial charge in [-0.2, -0.15) is 0 Å². The minimum Gasteiger partial charge on any atom is -0.543 e. The highest BCUT2D eigenvalue weighted by molar-refractivity contribution is 6.77. The molecule has 0 unspecified atom stereocenters. The minimum atomic E-state index is -2.66. The highest BCUT2D eigenvalue weighted by Gasteiger charge is 2.56. The summed E-state index contributed by atoms with van der Waals surface area (Å²) in [5.74, 6) is -0.745. The summed E-state index contributed by atoms with van der Waals surface area (Å²) in [6, 6.07) is 3.68. The highest BCUT2D eigenvalue weighted by atomic mass is 35.6. The SMILES string of the molecule is C=C(C)C[C@H](OC)[C@H](OCOCC[Si](C)(C)C)C(=O)N(C(=O)OCC(Cl)(Cl)Cl)[C@H](OC)[C@@H]1C[C@@H](O[Si](C)(C)C(C)(C)C)C(C)(C)[C@@H](C[C@H](O[Si](C)(C)C(C)(C)C)[C@@H](C)[C@H]2Cc3c(C)c(OCOCC[Si](C)(C)C)cc(O[Si](C)(C)C(C)(C)C)c3C(=O)O2)O1. The van der Waals surface area contributed by atoms with Crippen LogP contribution in [0.2, 0.25) is 106 Å². The van der Waals surface area contributed by atoms with Gasteiger partial charge < -0.3 is 55.9 Å². The Kier molecular flexibility index (Phi) is 28.9. The first kappa shape index (κ1) is 80.8. The fourth-order valence-electron chi connectivity index (χ4n) is 9.66. The minimum absolute atomic E-state index is 0.0472. The second kappa shape index (κ2) is 31.4. The number of hydrogen-bond donors (Lipinski definition) is 0. The molecule has 0 bridgehead atoms. The van der Waals surface area contributed by atoms with Gasteiger partial charge in [0, 0.05) is 73.8 Å². The van der Waals surface area contributed by atoms with Crippen LogP contribution in [0.3, 0.4) is 0 Å². The van der Waals surface area contributed by atoms with Crippen molar-refractivity contribution in [1.29, 1.82) is 0 Å². The second-order valence-electron chi connectivity index (χ2n) is 32.3. The molecule has 9 atom stereocenters. The summed E-state index contributed by atoms with van der Waals surface area (Å²) in [6.07, 6.45) is -7.57. The predicted octanol–water partition coefficient (Wildman–Crippen LogP) is 17.1. The van der Waals surface area contributed by atoms with Crippen molar-refractivity contribution in [1.82, 2.24) is 4.90 Å². The van der Waals surface area contributed by atoms with Crippen LogP contribution in [0.4, 0.5) is 4.79 Å². The van der Waals surface area contributed by atoms with E-state index in [1.54, 1.807) is 0 Å². The van der Waals surface area contributed by atoms with E-state index in [2.05, 4.69) is 168 Å². The Balaban J connectivity index is 2.37. The van der Waals surface area contributed by atoms with Crippen molar-refractivity contribution in [3.05, 3.63) is 34.9 Å². The monoisotopic (exact) mass is 1390 g/mol. The van der Waals surface area contributed by atoms with Gasteiger partial charge in [-0.1, -0.05) is 163 Å². The lowest BCUT2D eigenvalue weighted by molar-refractivity contribution is -0.230. The zero-order valence-electron chi connectivity index (χ0n) is 59.5. The summed E-state index contributed by atoms with van der Waals surface area (Å²) < 4.78 is 77.0. The third-order valence-electron chi connectivity index (χ3n) is 18.9. The number of ether oxygens (including phenoxy) is 9. The Labute approximate surface area is 552 Å². The van der Waals surface area contributed by atoms with Crippen LogP contribution in [0.15, 0.2) is 18.2 Å². The number of carbonyl (C=O) groups is 3. The Morgan fingerprint density at radius 2 is 1.31 bits per heavy atom. The van der Waals surface area contributed by atoms with Crippen molar-refractivity contribution in [2.75, 3.05) is 47.6 Å². The van der Waals surface area contributed by atoms with Crippen molar-refractivity contribution in [3.63, 3.8) is 0 Å². The van der Waals surface area contributed by atoms with Gasteiger partial charge in [0.25, 0.3) is 14.2 Å². The molecular formula is C64H118Cl3NO15Si5. The third kappa shape index (κ3) is 22.9. The number of rotatable bonds is 31. The van der Waals surface area contributed by atoms with Crippen molar-refractivity contribution >= 4 is 93.9 Å². The van der Waals surface area contributed by atoms with Crippen LogP contribution < -0.4 is 9.16 Å². The van der Waals surface area contributed by atoms with Gasteiger partial charge in [0.15, 0.2) is 35.8 Å². The molecule has 2 amide bonds. The zero-order chi connectivity index (χ0) is 67.9. The Morgan fingerprint density at radius 1 is 0.773 bits per heavy atom. The molecule has 88 heavy (non-hydrogen) atoms. The number of cyclic esters (lactones) is 1. The van der Waals surface area contributed by atoms with Gasteiger partial charge >= 0.3 is 12.1 Å². The zero-order valence-corrected chi connectivity index (χ0v) is 66.7. The van der Waals surface area contributed by atoms with E-state index in [0.717, 1.165) is 28.1 Å². The number of methoxy groups -OCH3 is 2. The van der Waals surface area contributed by atoms with Gasteiger partial charge in [0.1, 0.15) is 42.7 Å². The number of carbonyl (C=O) groups excluding carboxylic acids is 3. The molecule has 16 nitrogen and oxygen atoms in total. The second-order valence-corrected chi connectivity index (χ2v) is 60.3. The molecule has 0 radical (unpaired) electrons. The van der Waals surface area contributed by atoms with E-state index in [4.69, 9.17) is 90.7 Å². The molecule has 1 aromatic rings. The Bertz CT molecular complexity index is 2480. The summed E-state index contributed by atoms with van der Waals surface area (Å²) in [5, 5.41) is -0.645. The molecule has 0 saturated carbocycles. The first-order valence-corrected chi connectivity index (χ1v) is 48.7. The lowest BCUT2D eigenvalue weighted by Gasteiger charge is -2.54. The molecule has 2 aliphatic rings. The molecule has 1 aromatic carbocycles. The number of alkyl halides is 3. The first-order valence-electron chi connectivity index (χ1n) is 31.5. The molecule has 2 aliphatic heterocycles. The number of benzene rings is 1. The molecule has 0 N–H and O–H groups in total. The van der Waals surface area contributed by atoms with Crippen molar-refractivity contribution in [2.24, 2.45) is 11.3 Å². The van der Waals surface area contributed by atoms with Crippen LogP contribution in [-0.2, 0) is 58.0 Å². The van der Waals surface area contributed by atoms with Gasteiger partial charge in [-0.15, -0.1) is 6.58 Å². The number of fused-ring (bicyclic) bond motifs is 1. The van der Waals surface area contributed by atoms with Gasteiger partial charge in [-0.25, -0.2) is 14.5 Å². The topological polar surface area (TPSA) is 165 Å². The van der Waals surface area contributed by atoms with Crippen LogP contribution in [-0.4, -0.2) is 164 Å². The fourth-order valence-corrected chi connectivity index (χ4v) is 15.2. The Morgan fingerprint density at radius 3 is 1.78 bits per heavy atom. The molecule has 0 spiro atoms. The van der Waals surface area contributed by atoms with Gasteiger partial charge in [0.2, 0.25) is 3.79 Å². The van der Waals surface area contributed by atoms with E-state index in [1.165, 1.54) is 14.2 Å². The number of imide groups is 1. The lowest BCUT2D eigenvalue weighted by atomic mass is 9.72. The molecule has 1 fully saturated rings. The molecule has 510 valence electrons. The summed E-state index contributed by atoms with van der Waals surface area (Å²) >= 11 is 18.6. The predicted molar refractivity (Wildman–Crippen MR) is 370 cm³/mol. The van der Waals surface area contributed by atoms with E-state index in [1.807, 2.05) is 19.9 Å². The smallest absolute Gasteiger partial charge is 0.419 e. The number of amides is 2. The van der Waals surface area contributed by atoms with Crippen LogP contribution in [0.1, 0.15) is 131 Å². The maximum atomic E-state index is 15.6. The quantitative estimate of drug-likeness (QED) is 0.0172. The maximum Gasteiger partial charge on any atom is 0.419 e. The van der Waals surface area contributed by atoms with Crippen LogP contribution >= 0.6 is 34.8 Å². The average molecular weight is 1390 g/mol. The Hall–Kier alpha value is -1.40. The number of hydrogen-bond acceptors (Lipinski definition) is 15. The largest absolute Gasteiger partial charge is 0.543 e. The van der Waals surface area contributed by atoms with Crippen molar-refractivity contribution < 1.29 is 70.3 Å². The first-order chi connectivity index (χ1) is 39.7. The highest BCUT2D eigenvalue weighted by Crippen LogP contribution is 2.50. The average Bonchev–Trinajstić information content (AvgIpc) is 1.30. The molecular weight excluding hydrogens is 1270 g/mol. The molecule has 24 heteroatoms. The molecule has 0 aliphatic carbocycles. The standard InChI is InChI=1S/C64H118Cl3NO15Si5/c1-42(2)34-50(72-16)55(78-41-75-31-33-85(21,22)23)56(69)68(59(71)76-39-64(65,66)67)57(73-17)51-38-53(83-88(28,29)62(11,12)13)63(14,15)52(79-51)37-48(81-86(24,25)60(5,6)7)44(4)47-35-45-43(3)46(77-40-74-30-32-84(18,19)20)36-49(54(45)58(70)80-47)82-87(26,27)61(8,9)10/h36,44,47-48,50-53,55,57H,1,30-35,37-41H2,2-29H3/t44-,47+,48-,50-,51-,52+,53+,55-,57+/m0/s1. The summed E-state index contributed by atoms with van der Waals surface area (Å²) in [7, 11) is -7.78. The van der Waals surface area contributed by atoms with Crippen molar-refractivity contribution in [2.45, 2.75) is 281 Å². The normalized spacial score (nSPS) is 20.9.